The van der Waals surface area contributed by atoms with Crippen LogP contribution in [0.1, 0.15) is 36.4 Å². The summed E-state index contributed by atoms with van der Waals surface area (Å²) in [6.07, 6.45) is 5.19. The van der Waals surface area contributed by atoms with Gasteiger partial charge in [0.2, 0.25) is 0 Å². The Morgan fingerprint density at radius 3 is 2.75 bits per heavy atom. The minimum Gasteiger partial charge on any atom is -0.329 e. The van der Waals surface area contributed by atoms with E-state index in [4.69, 9.17) is 0 Å². The summed E-state index contributed by atoms with van der Waals surface area (Å²) in [5, 5.41) is 0. The zero-order chi connectivity index (χ0) is 13.8. The van der Waals surface area contributed by atoms with Gasteiger partial charge in [-0.25, -0.2) is 0 Å². The Kier molecular flexibility index (Phi) is 3.97. The van der Waals surface area contributed by atoms with E-state index in [1.807, 2.05) is 18.2 Å². The molecule has 0 amide bonds. The number of hydrogen-bond donors (Lipinski definition) is 1. The molecule has 1 aromatic carbocycles. The third kappa shape index (κ3) is 2.83. The lowest BCUT2D eigenvalue weighted by Gasteiger charge is -2.35. The summed E-state index contributed by atoms with van der Waals surface area (Å²) in [4.78, 5) is 17.3. The number of pyridine rings is 1. The van der Waals surface area contributed by atoms with Crippen molar-refractivity contribution in [2.75, 3.05) is 6.54 Å². The molecule has 2 heterocycles. The van der Waals surface area contributed by atoms with Gasteiger partial charge in [-0.05, 0) is 31.0 Å². The molecule has 1 saturated heterocycles. The predicted octanol–water partition coefficient (Wildman–Crippen LogP) is 3.10. The third-order valence-corrected chi connectivity index (χ3v) is 4.05. The molecule has 0 spiro atoms. The molecular formula is C17H20N2O. The van der Waals surface area contributed by atoms with Gasteiger partial charge in [0.25, 0.3) is 5.56 Å². The molecule has 0 bridgehead atoms. The highest BCUT2D eigenvalue weighted by Crippen LogP contribution is 2.30. The molecule has 3 rings (SSSR count). The number of hydrogen-bond acceptors (Lipinski definition) is 2. The van der Waals surface area contributed by atoms with Gasteiger partial charge in [0, 0.05) is 24.3 Å². The number of aromatic amines is 1. The van der Waals surface area contributed by atoms with E-state index in [0.717, 1.165) is 25.1 Å². The number of piperidine rings is 1. The zero-order valence-electron chi connectivity index (χ0n) is 11.6. The standard InChI is InChI=1S/C17H20N2O/c20-17-15(9-6-11-18-17)16-10-4-5-12-19(16)13-14-7-2-1-3-8-14/h1-3,6-9,11,16H,4-5,10,12-13H2,(H,18,20)/t16-/m0/s1. The number of H-pyrrole nitrogens is 1. The molecule has 1 aromatic heterocycles. The van der Waals surface area contributed by atoms with Crippen molar-refractivity contribution in [3.63, 3.8) is 0 Å². The van der Waals surface area contributed by atoms with Crippen molar-refractivity contribution in [3.8, 4) is 0 Å². The molecule has 20 heavy (non-hydrogen) atoms. The Hall–Kier alpha value is -1.87. The van der Waals surface area contributed by atoms with Gasteiger partial charge in [-0.3, -0.25) is 9.69 Å². The predicted molar refractivity (Wildman–Crippen MR) is 80.5 cm³/mol. The van der Waals surface area contributed by atoms with Gasteiger partial charge >= 0.3 is 0 Å². The molecule has 104 valence electrons. The van der Waals surface area contributed by atoms with Crippen LogP contribution in [0.3, 0.4) is 0 Å². The van der Waals surface area contributed by atoms with Gasteiger partial charge in [-0.1, -0.05) is 42.8 Å². The smallest absolute Gasteiger partial charge is 0.252 e. The maximum absolute atomic E-state index is 12.0. The number of rotatable bonds is 3. The van der Waals surface area contributed by atoms with Gasteiger partial charge in [0.1, 0.15) is 0 Å². The Labute approximate surface area is 119 Å². The van der Waals surface area contributed by atoms with Crippen molar-refractivity contribution in [2.24, 2.45) is 0 Å². The fraction of sp³-hybridized carbons (Fsp3) is 0.353. The van der Waals surface area contributed by atoms with Crippen molar-refractivity contribution in [2.45, 2.75) is 31.8 Å². The average molecular weight is 268 g/mol. The molecule has 0 aliphatic carbocycles. The van der Waals surface area contributed by atoms with Crippen LogP contribution in [-0.4, -0.2) is 16.4 Å². The van der Waals surface area contributed by atoms with Crippen molar-refractivity contribution < 1.29 is 0 Å². The molecule has 1 aliphatic rings. The summed E-state index contributed by atoms with van der Waals surface area (Å²) in [5.74, 6) is 0. The second kappa shape index (κ2) is 6.06. The van der Waals surface area contributed by atoms with Gasteiger partial charge in [0.05, 0.1) is 0 Å². The van der Waals surface area contributed by atoms with Gasteiger partial charge in [-0.2, -0.15) is 0 Å². The second-order valence-electron chi connectivity index (χ2n) is 5.42. The third-order valence-electron chi connectivity index (χ3n) is 4.05. The first-order valence-corrected chi connectivity index (χ1v) is 7.30. The number of nitrogens with zero attached hydrogens (tertiary/aromatic N) is 1. The monoisotopic (exact) mass is 268 g/mol. The summed E-state index contributed by atoms with van der Waals surface area (Å²) in [7, 11) is 0. The van der Waals surface area contributed by atoms with Gasteiger partial charge in [0.15, 0.2) is 0 Å². The van der Waals surface area contributed by atoms with E-state index in [1.165, 1.54) is 18.4 Å². The molecule has 0 radical (unpaired) electrons. The lowest BCUT2D eigenvalue weighted by atomic mass is 9.95. The van der Waals surface area contributed by atoms with Crippen LogP contribution >= 0.6 is 0 Å². The summed E-state index contributed by atoms with van der Waals surface area (Å²) in [6.45, 7) is 1.98. The highest BCUT2D eigenvalue weighted by molar-refractivity contribution is 5.18. The number of likely N-dealkylation sites (tertiary alicyclic amines) is 1. The summed E-state index contributed by atoms with van der Waals surface area (Å²) < 4.78 is 0. The van der Waals surface area contributed by atoms with E-state index in [-0.39, 0.29) is 11.6 Å². The maximum atomic E-state index is 12.0. The lowest BCUT2D eigenvalue weighted by molar-refractivity contribution is 0.139. The Balaban J connectivity index is 1.85. The van der Waals surface area contributed by atoms with Crippen molar-refractivity contribution in [3.05, 3.63) is 70.1 Å². The molecule has 1 aliphatic heterocycles. The van der Waals surface area contributed by atoms with Crippen LogP contribution in [0.5, 0.6) is 0 Å². The quantitative estimate of drug-likeness (QED) is 0.928. The number of aromatic nitrogens is 1. The molecule has 1 N–H and O–H groups in total. The topological polar surface area (TPSA) is 36.1 Å². The van der Waals surface area contributed by atoms with E-state index in [0.29, 0.717) is 0 Å². The number of benzene rings is 1. The molecule has 0 saturated carbocycles. The van der Waals surface area contributed by atoms with Crippen LogP contribution in [-0.2, 0) is 6.54 Å². The summed E-state index contributed by atoms with van der Waals surface area (Å²) in [6, 6.07) is 14.6. The van der Waals surface area contributed by atoms with Crippen LogP contribution in [0, 0.1) is 0 Å². The fourth-order valence-electron chi connectivity index (χ4n) is 3.05. The normalized spacial score (nSPS) is 19.9. The second-order valence-corrected chi connectivity index (χ2v) is 5.42. The maximum Gasteiger partial charge on any atom is 0.252 e. The van der Waals surface area contributed by atoms with Crippen molar-refractivity contribution >= 4 is 0 Å². The molecule has 1 atom stereocenters. The number of nitrogens with one attached hydrogen (secondary N) is 1. The highest BCUT2D eigenvalue weighted by Gasteiger charge is 2.25. The van der Waals surface area contributed by atoms with E-state index in [1.54, 1.807) is 6.20 Å². The van der Waals surface area contributed by atoms with Crippen LogP contribution in [0.2, 0.25) is 0 Å². The summed E-state index contributed by atoms with van der Waals surface area (Å²) in [5.41, 5.74) is 2.27. The van der Waals surface area contributed by atoms with Crippen LogP contribution in [0.4, 0.5) is 0 Å². The average Bonchev–Trinajstić information content (AvgIpc) is 2.50. The Morgan fingerprint density at radius 1 is 1.10 bits per heavy atom. The van der Waals surface area contributed by atoms with Gasteiger partial charge in [-0.15, -0.1) is 0 Å². The molecular weight excluding hydrogens is 248 g/mol. The first kappa shape index (κ1) is 13.1. The SMILES string of the molecule is O=c1[nH]cccc1[C@@H]1CCCCN1Cc1ccccc1. The van der Waals surface area contributed by atoms with Crippen LogP contribution in [0.25, 0.3) is 0 Å². The van der Waals surface area contributed by atoms with Crippen molar-refractivity contribution in [1.82, 2.24) is 9.88 Å². The fourth-order valence-corrected chi connectivity index (χ4v) is 3.05. The molecule has 2 aromatic rings. The van der Waals surface area contributed by atoms with Crippen LogP contribution in [0.15, 0.2) is 53.5 Å². The Morgan fingerprint density at radius 2 is 1.95 bits per heavy atom. The first-order chi connectivity index (χ1) is 9.84. The summed E-state index contributed by atoms with van der Waals surface area (Å²) >= 11 is 0. The molecule has 0 unspecified atom stereocenters. The van der Waals surface area contributed by atoms with E-state index in [2.05, 4.69) is 34.1 Å². The van der Waals surface area contributed by atoms with E-state index in [9.17, 15) is 4.79 Å². The van der Waals surface area contributed by atoms with E-state index >= 15 is 0 Å². The molecule has 1 fully saturated rings. The molecule has 3 nitrogen and oxygen atoms in total. The van der Waals surface area contributed by atoms with Gasteiger partial charge < -0.3 is 4.98 Å². The molecule has 3 heteroatoms. The minimum atomic E-state index is 0.0532. The highest BCUT2D eigenvalue weighted by atomic mass is 16.1. The first-order valence-electron chi connectivity index (χ1n) is 7.30. The Bertz CT molecular complexity index is 606. The van der Waals surface area contributed by atoms with E-state index < -0.39 is 0 Å². The largest absolute Gasteiger partial charge is 0.329 e. The van der Waals surface area contributed by atoms with Crippen molar-refractivity contribution in [1.29, 1.82) is 0 Å². The van der Waals surface area contributed by atoms with Crippen LogP contribution < -0.4 is 5.56 Å². The zero-order valence-corrected chi connectivity index (χ0v) is 11.6. The lowest BCUT2D eigenvalue weighted by Crippen LogP contribution is -2.35. The minimum absolute atomic E-state index is 0.0532.